The fourth-order valence-corrected chi connectivity index (χ4v) is 5.28. The molecule has 2 atom stereocenters. The summed E-state index contributed by atoms with van der Waals surface area (Å²) in [5, 5.41) is 10.7. The molecule has 0 bridgehead atoms. The maximum atomic E-state index is 13.7. The molecule has 2 saturated heterocycles. The average Bonchev–Trinajstić information content (AvgIpc) is 3.41. The van der Waals surface area contributed by atoms with Crippen molar-refractivity contribution >= 4 is 22.8 Å². The number of carbonyl (C=O) groups is 2. The molecule has 9 heteroatoms. The molecule has 1 N–H and O–H groups in total. The van der Waals surface area contributed by atoms with E-state index in [1.165, 1.54) is 0 Å². The summed E-state index contributed by atoms with van der Waals surface area (Å²) in [6, 6.07) is 5.19. The predicted octanol–water partition coefficient (Wildman–Crippen LogP) is 2.12. The minimum absolute atomic E-state index is 0.0505. The number of H-pyrrole nitrogens is 1. The number of aromatic amines is 1. The third kappa shape index (κ3) is 3.19. The largest absolute Gasteiger partial charge is 0.337 e. The number of fused-ring (bicyclic) bond motifs is 1. The second-order valence-corrected chi connectivity index (χ2v) is 8.75. The predicted molar refractivity (Wildman–Crippen MR) is 114 cm³/mol. The lowest BCUT2D eigenvalue weighted by molar-refractivity contribution is -0.154. The fraction of sp³-hybridized carbons (Fsp3) is 0.500. The van der Waals surface area contributed by atoms with Crippen molar-refractivity contribution in [1.82, 2.24) is 34.8 Å². The first-order chi connectivity index (χ1) is 15.0. The van der Waals surface area contributed by atoms with E-state index < -0.39 is 5.41 Å². The number of hydrogen-bond acceptors (Lipinski definition) is 5. The Kier molecular flexibility index (Phi) is 4.75. The number of carbonyl (C=O) groups excluding carboxylic acids is 2. The molecule has 2 aliphatic rings. The normalized spacial score (nSPS) is 24.3. The highest BCUT2D eigenvalue weighted by Gasteiger charge is 2.52. The first kappa shape index (κ1) is 19.7. The zero-order valence-corrected chi connectivity index (χ0v) is 17.9. The number of nitrogens with one attached hydrogen (secondary N) is 1. The second kappa shape index (κ2) is 7.47. The van der Waals surface area contributed by atoms with Crippen LogP contribution in [-0.4, -0.2) is 65.7 Å². The number of aryl methyl sites for hydroxylation is 1. The van der Waals surface area contributed by atoms with E-state index in [1.807, 2.05) is 34.5 Å². The van der Waals surface area contributed by atoms with Gasteiger partial charge < -0.3 is 14.4 Å². The molecule has 2 amide bonds. The summed E-state index contributed by atoms with van der Waals surface area (Å²) in [6.45, 7) is 3.93. The van der Waals surface area contributed by atoms with Crippen LogP contribution in [0.2, 0.25) is 0 Å². The van der Waals surface area contributed by atoms with Gasteiger partial charge in [-0.25, -0.2) is 4.98 Å². The van der Waals surface area contributed by atoms with Crippen LogP contribution < -0.4 is 0 Å². The molecule has 2 aromatic heterocycles. The Balaban J connectivity index is 1.40. The van der Waals surface area contributed by atoms with Crippen LogP contribution >= 0.6 is 0 Å². The maximum absolute atomic E-state index is 13.7. The van der Waals surface area contributed by atoms with E-state index in [9.17, 15) is 9.59 Å². The topological polar surface area (TPSA) is 100 Å². The molecular weight excluding hydrogens is 394 g/mol. The van der Waals surface area contributed by atoms with Gasteiger partial charge in [-0.2, -0.15) is 15.4 Å². The molecule has 0 aliphatic carbocycles. The van der Waals surface area contributed by atoms with E-state index >= 15 is 0 Å². The Morgan fingerprint density at radius 2 is 1.97 bits per heavy atom. The molecule has 9 nitrogen and oxygen atoms in total. The van der Waals surface area contributed by atoms with Crippen LogP contribution in [0.3, 0.4) is 0 Å². The van der Waals surface area contributed by atoms with Gasteiger partial charge in [-0.15, -0.1) is 0 Å². The highest BCUT2D eigenvalue weighted by Crippen LogP contribution is 2.44. The van der Waals surface area contributed by atoms with Crippen LogP contribution in [0.5, 0.6) is 0 Å². The monoisotopic (exact) mass is 421 g/mol. The van der Waals surface area contributed by atoms with Gasteiger partial charge in [0.25, 0.3) is 5.91 Å². The zero-order valence-electron chi connectivity index (χ0n) is 17.9. The van der Waals surface area contributed by atoms with Crippen molar-refractivity contribution in [3.63, 3.8) is 0 Å². The summed E-state index contributed by atoms with van der Waals surface area (Å²) in [5.41, 5.74) is 1.45. The Hall–Kier alpha value is -3.23. The number of aromatic nitrogens is 5. The van der Waals surface area contributed by atoms with E-state index in [1.54, 1.807) is 24.4 Å². The molecule has 3 aromatic rings. The summed E-state index contributed by atoms with van der Waals surface area (Å²) in [4.78, 5) is 35.3. The molecule has 4 heterocycles. The lowest BCUT2D eigenvalue weighted by Crippen LogP contribution is -2.61. The van der Waals surface area contributed by atoms with E-state index in [0.717, 1.165) is 43.6 Å². The van der Waals surface area contributed by atoms with Crippen molar-refractivity contribution in [2.24, 2.45) is 12.5 Å². The summed E-state index contributed by atoms with van der Waals surface area (Å²) in [7, 11) is 1.95. The van der Waals surface area contributed by atoms with Gasteiger partial charge in [-0.05, 0) is 50.8 Å². The molecule has 5 rings (SSSR count). The zero-order chi connectivity index (χ0) is 21.6. The number of hydrogen-bond donors (Lipinski definition) is 1. The van der Waals surface area contributed by atoms with Gasteiger partial charge in [0.1, 0.15) is 16.9 Å². The Labute approximate surface area is 180 Å². The lowest BCUT2D eigenvalue weighted by Gasteiger charge is -2.51. The number of benzene rings is 1. The standard InChI is InChI=1S/C22H27N7O2/c1-15-22(7-3-10-28(21(22)31)14-19-23-9-12-27(19)2)8-4-11-29(15)20(30)16-5-6-17-18(13-16)25-26-24-17/h5-6,9,12-13,15H,3-4,7-8,10-11,14H2,1-2H3,(H,24,25,26)/t15-,22-/m0/s1. The fourth-order valence-electron chi connectivity index (χ4n) is 5.28. The van der Waals surface area contributed by atoms with E-state index in [2.05, 4.69) is 20.4 Å². The Morgan fingerprint density at radius 3 is 2.74 bits per heavy atom. The minimum atomic E-state index is -0.532. The van der Waals surface area contributed by atoms with Crippen LogP contribution in [0.1, 0.15) is 48.8 Å². The quantitative estimate of drug-likeness (QED) is 0.698. The van der Waals surface area contributed by atoms with Crippen molar-refractivity contribution in [1.29, 1.82) is 0 Å². The van der Waals surface area contributed by atoms with Gasteiger partial charge in [0, 0.05) is 44.1 Å². The molecule has 0 radical (unpaired) electrons. The first-order valence-electron chi connectivity index (χ1n) is 10.9. The molecule has 1 spiro atoms. The second-order valence-electron chi connectivity index (χ2n) is 8.75. The van der Waals surface area contributed by atoms with Crippen LogP contribution in [0.4, 0.5) is 0 Å². The lowest BCUT2D eigenvalue weighted by atomic mass is 9.67. The van der Waals surface area contributed by atoms with Gasteiger partial charge >= 0.3 is 0 Å². The summed E-state index contributed by atoms with van der Waals surface area (Å²) < 4.78 is 1.95. The summed E-state index contributed by atoms with van der Waals surface area (Å²) in [6.07, 6.45) is 7.05. The number of piperidine rings is 2. The molecule has 0 saturated carbocycles. The summed E-state index contributed by atoms with van der Waals surface area (Å²) in [5.74, 6) is 0.979. The summed E-state index contributed by atoms with van der Waals surface area (Å²) >= 11 is 0. The van der Waals surface area contributed by atoms with Crippen molar-refractivity contribution in [2.75, 3.05) is 13.1 Å². The smallest absolute Gasteiger partial charge is 0.254 e. The number of amides is 2. The molecule has 0 unspecified atom stereocenters. The van der Waals surface area contributed by atoms with Crippen molar-refractivity contribution in [2.45, 2.75) is 45.2 Å². The van der Waals surface area contributed by atoms with Gasteiger partial charge in [-0.3, -0.25) is 9.59 Å². The van der Waals surface area contributed by atoms with E-state index in [-0.39, 0.29) is 17.9 Å². The molecule has 2 fully saturated rings. The Morgan fingerprint density at radius 1 is 1.19 bits per heavy atom. The third-order valence-electron chi connectivity index (χ3n) is 7.13. The van der Waals surface area contributed by atoms with Crippen LogP contribution in [-0.2, 0) is 18.4 Å². The van der Waals surface area contributed by atoms with E-state index in [4.69, 9.17) is 0 Å². The number of likely N-dealkylation sites (tertiary alicyclic amines) is 2. The van der Waals surface area contributed by atoms with Crippen molar-refractivity contribution in [3.8, 4) is 0 Å². The maximum Gasteiger partial charge on any atom is 0.254 e. The van der Waals surface area contributed by atoms with Crippen molar-refractivity contribution < 1.29 is 9.59 Å². The highest BCUT2D eigenvalue weighted by atomic mass is 16.2. The van der Waals surface area contributed by atoms with Crippen molar-refractivity contribution in [3.05, 3.63) is 42.0 Å². The molecule has 2 aliphatic heterocycles. The average molecular weight is 422 g/mol. The van der Waals surface area contributed by atoms with Crippen LogP contribution in [0, 0.1) is 5.41 Å². The number of rotatable bonds is 3. The minimum Gasteiger partial charge on any atom is -0.337 e. The number of nitrogens with zero attached hydrogens (tertiary/aromatic N) is 6. The first-order valence-corrected chi connectivity index (χ1v) is 10.9. The molecule has 31 heavy (non-hydrogen) atoms. The SMILES string of the molecule is C[C@@H]1N(C(=O)c2ccc3n[nH]nc3c2)CCC[C@@]12CCCN(Cc1nccn1C)C2=O. The third-order valence-corrected chi connectivity index (χ3v) is 7.13. The molecule has 162 valence electrons. The van der Waals surface area contributed by atoms with Gasteiger partial charge in [0.05, 0.1) is 12.0 Å². The highest BCUT2D eigenvalue weighted by molar-refractivity contribution is 5.98. The van der Waals surface area contributed by atoms with E-state index in [0.29, 0.717) is 24.2 Å². The molecular formula is C22H27N7O2. The van der Waals surface area contributed by atoms with Gasteiger partial charge in [-0.1, -0.05) is 0 Å². The van der Waals surface area contributed by atoms with Gasteiger partial charge in [0.15, 0.2) is 0 Å². The Bertz CT molecular complexity index is 1130. The number of imidazole rings is 1. The molecule has 1 aromatic carbocycles. The van der Waals surface area contributed by atoms with Crippen LogP contribution in [0.25, 0.3) is 11.0 Å². The van der Waals surface area contributed by atoms with Gasteiger partial charge in [0.2, 0.25) is 5.91 Å². The van der Waals surface area contributed by atoms with Crippen LogP contribution in [0.15, 0.2) is 30.6 Å².